The average Bonchev–Trinajstić information content (AvgIpc) is 1.84. The molecule has 0 bridgehead atoms. The van der Waals surface area contributed by atoms with Crippen molar-refractivity contribution >= 4 is 19.8 Å². The van der Waals surface area contributed by atoms with E-state index in [2.05, 4.69) is 0 Å². The van der Waals surface area contributed by atoms with E-state index in [-0.39, 0.29) is 17.3 Å². The van der Waals surface area contributed by atoms with Crippen LogP contribution < -0.4 is 0 Å². The molecule has 2 nitrogen and oxygen atoms in total. The van der Waals surface area contributed by atoms with Gasteiger partial charge in [0.2, 0.25) is 0 Å². The molecule has 0 aliphatic rings. The first-order valence-electron chi connectivity index (χ1n) is 3.42. The second-order valence-corrected chi connectivity index (χ2v) is 5.24. The Hall–Kier alpha value is 0.120. The molecule has 0 aliphatic carbocycles. The molecular formula is C6H10F3IO2. The van der Waals surface area contributed by atoms with Gasteiger partial charge in [-0.25, -0.2) is 6.14 Å². The van der Waals surface area contributed by atoms with Crippen LogP contribution in [0.3, 0.4) is 0 Å². The minimum absolute atomic E-state index is 0.0651. The van der Waals surface area contributed by atoms with Crippen molar-refractivity contribution in [3.05, 3.63) is 0 Å². The van der Waals surface area contributed by atoms with Crippen molar-refractivity contribution in [2.45, 2.75) is 25.9 Å². The Kier molecular flexibility index (Phi) is 5.03. The molecule has 0 unspecified atom stereocenters. The lowest BCUT2D eigenvalue weighted by atomic mass is 10.1. The van der Waals surface area contributed by atoms with E-state index >= 15 is 0 Å². The zero-order chi connectivity index (χ0) is 9.78. The van der Waals surface area contributed by atoms with Crippen LogP contribution in [0.25, 0.3) is 0 Å². The van der Waals surface area contributed by atoms with Crippen LogP contribution in [-0.2, 0) is 6.14 Å². The summed E-state index contributed by atoms with van der Waals surface area (Å²) < 4.78 is 55.6. The van der Waals surface area contributed by atoms with Gasteiger partial charge in [0.25, 0.3) is 0 Å². The zero-order valence-electron chi connectivity index (χ0n) is 6.53. The van der Waals surface area contributed by atoms with E-state index in [0.29, 0.717) is 0 Å². The highest BCUT2D eigenvalue weighted by Gasteiger charge is 2.35. The summed E-state index contributed by atoms with van der Waals surface area (Å²) in [5.74, 6) is -1.40. The van der Waals surface area contributed by atoms with E-state index < -0.39 is 31.9 Å². The molecule has 6 heteroatoms. The van der Waals surface area contributed by atoms with Crippen molar-refractivity contribution in [2.75, 3.05) is 4.43 Å². The Morgan fingerprint density at radius 3 is 2.17 bits per heavy atom. The topological polar surface area (TPSA) is 34.1 Å². The largest absolute Gasteiger partial charge is 0.391 e. The van der Waals surface area contributed by atoms with Crippen molar-refractivity contribution in [1.82, 2.24) is 0 Å². The quantitative estimate of drug-likeness (QED) is 0.590. The molecule has 0 saturated carbocycles. The van der Waals surface area contributed by atoms with Crippen LogP contribution in [0.2, 0.25) is 0 Å². The number of alkyl halides is 4. The van der Waals surface area contributed by atoms with Crippen LogP contribution in [0.4, 0.5) is 13.2 Å². The van der Waals surface area contributed by atoms with Gasteiger partial charge in [-0.15, -0.1) is 0 Å². The highest BCUT2D eigenvalue weighted by atomic mass is 127. The monoisotopic (exact) mass is 298 g/mol. The van der Waals surface area contributed by atoms with E-state index in [1.54, 1.807) is 0 Å². The van der Waals surface area contributed by atoms with Gasteiger partial charge in [0.1, 0.15) is 0 Å². The molecule has 0 aromatic carbocycles. The fraction of sp³-hybridized carbons (Fsp3) is 1.00. The maximum absolute atomic E-state index is 11.8. The Labute approximate surface area is 75.7 Å². The molecule has 0 N–H and O–H groups in total. The van der Waals surface area contributed by atoms with E-state index in [4.69, 9.17) is 0 Å². The van der Waals surface area contributed by atoms with Gasteiger partial charge in [0, 0.05) is 0 Å². The van der Waals surface area contributed by atoms with Gasteiger partial charge in [-0.2, -0.15) is 13.2 Å². The smallest absolute Gasteiger partial charge is 0.235 e. The predicted molar refractivity (Wildman–Crippen MR) is 44.7 cm³/mol. The number of hydrogen-bond donors (Lipinski definition) is 0. The van der Waals surface area contributed by atoms with Gasteiger partial charge in [0.05, 0.1) is 10.3 Å². The average molecular weight is 298 g/mol. The molecule has 0 saturated heterocycles. The number of halogens is 4. The summed E-state index contributed by atoms with van der Waals surface area (Å²) in [5, 5.41) is 0. The van der Waals surface area contributed by atoms with E-state index in [0.717, 1.165) is 6.92 Å². The molecule has 0 aromatic rings. The standard InChI is InChI=1S/C6H10F3IO2/c1-5(6(7,8)9)3-2-4-10(11)12/h5H,2-4H2,1H3/t5-/m1/s1. The first-order valence-corrected chi connectivity index (χ1v) is 6.70. The zero-order valence-corrected chi connectivity index (χ0v) is 8.68. The highest BCUT2D eigenvalue weighted by molar-refractivity contribution is 14.2. The van der Waals surface area contributed by atoms with Crippen LogP contribution in [0.5, 0.6) is 0 Å². The molecular weight excluding hydrogens is 288 g/mol. The molecule has 0 aromatic heterocycles. The molecule has 12 heavy (non-hydrogen) atoms. The van der Waals surface area contributed by atoms with Gasteiger partial charge in [-0.1, -0.05) is 6.92 Å². The molecule has 0 radical (unpaired) electrons. The van der Waals surface area contributed by atoms with Crippen LogP contribution in [0.15, 0.2) is 0 Å². The summed E-state index contributed by atoms with van der Waals surface area (Å²) in [4.78, 5) is 0. The fourth-order valence-electron chi connectivity index (χ4n) is 0.656. The van der Waals surface area contributed by atoms with Gasteiger partial charge in [-0.3, -0.25) is 0 Å². The third-order valence-corrected chi connectivity index (χ3v) is 3.13. The van der Waals surface area contributed by atoms with Crippen LogP contribution in [0, 0.1) is 5.92 Å². The summed E-state index contributed by atoms with van der Waals surface area (Å²) in [7, 11) is 0. The van der Waals surface area contributed by atoms with E-state index in [1.807, 2.05) is 0 Å². The summed E-state index contributed by atoms with van der Waals surface area (Å²) in [6, 6.07) is 0. The second kappa shape index (κ2) is 4.98. The van der Waals surface area contributed by atoms with Crippen LogP contribution >= 0.6 is 19.8 Å². The Morgan fingerprint density at radius 1 is 1.33 bits per heavy atom. The first-order chi connectivity index (χ1) is 5.34. The minimum atomic E-state index is -4.19. The summed E-state index contributed by atoms with van der Waals surface area (Å²) in [6.07, 6.45) is -4.16. The van der Waals surface area contributed by atoms with Gasteiger partial charge in [0.15, 0.2) is 0 Å². The van der Waals surface area contributed by atoms with Gasteiger partial charge in [-0.05, 0) is 12.8 Å². The lowest BCUT2D eigenvalue weighted by Gasteiger charge is -2.13. The van der Waals surface area contributed by atoms with E-state index in [1.165, 1.54) is 0 Å². The number of hydrogen-bond acceptors (Lipinski definition) is 2. The van der Waals surface area contributed by atoms with Gasteiger partial charge < -0.3 is 0 Å². The minimum Gasteiger partial charge on any atom is -0.235 e. The first kappa shape index (κ1) is 12.1. The molecule has 1 atom stereocenters. The highest BCUT2D eigenvalue weighted by Crippen LogP contribution is 2.29. The lowest BCUT2D eigenvalue weighted by Crippen LogP contribution is -2.19. The Balaban J connectivity index is 3.65. The summed E-state index contributed by atoms with van der Waals surface area (Å²) in [5.41, 5.74) is 0. The molecule has 74 valence electrons. The van der Waals surface area contributed by atoms with Crippen molar-refractivity contribution in [3.8, 4) is 0 Å². The third kappa shape index (κ3) is 5.73. The Bertz CT molecular complexity index is 189. The summed E-state index contributed by atoms with van der Waals surface area (Å²) >= 11 is -3.30. The maximum atomic E-state index is 11.8. The van der Waals surface area contributed by atoms with Crippen molar-refractivity contribution in [3.63, 3.8) is 0 Å². The molecule has 0 fully saturated rings. The predicted octanol–water partition coefficient (Wildman–Crippen LogP) is 3.16. The molecule has 0 rings (SSSR count). The van der Waals surface area contributed by atoms with Crippen molar-refractivity contribution in [2.24, 2.45) is 5.92 Å². The maximum Gasteiger partial charge on any atom is 0.391 e. The van der Waals surface area contributed by atoms with E-state index in [9.17, 15) is 19.3 Å². The molecule has 0 aliphatic heterocycles. The lowest BCUT2D eigenvalue weighted by molar-refractivity contribution is -0.171. The second-order valence-electron chi connectivity index (χ2n) is 2.56. The van der Waals surface area contributed by atoms with Crippen molar-refractivity contribution in [1.29, 1.82) is 0 Å². The SMILES string of the molecule is C[C@H](CCCI(=O)=O)C(F)(F)F. The normalized spacial score (nSPS) is 15.1. The fourth-order valence-corrected chi connectivity index (χ4v) is 1.72. The Morgan fingerprint density at radius 2 is 1.83 bits per heavy atom. The molecule has 0 heterocycles. The molecule has 0 spiro atoms. The van der Waals surface area contributed by atoms with Gasteiger partial charge >= 0.3 is 26.0 Å². The van der Waals surface area contributed by atoms with Crippen molar-refractivity contribution < 1.29 is 19.3 Å². The third-order valence-electron chi connectivity index (χ3n) is 1.48. The summed E-state index contributed by atoms with van der Waals surface area (Å²) in [6.45, 7) is 1.06. The number of rotatable bonds is 4. The van der Waals surface area contributed by atoms with Crippen LogP contribution in [0.1, 0.15) is 19.8 Å². The molecule has 0 amide bonds. The van der Waals surface area contributed by atoms with Crippen LogP contribution in [-0.4, -0.2) is 10.6 Å².